The number of nitrogens with zero attached hydrogens (tertiary/aromatic N) is 5. The molecule has 25 heavy (non-hydrogen) atoms. The van der Waals surface area contributed by atoms with Crippen molar-refractivity contribution < 1.29 is 9.32 Å². The monoisotopic (exact) mass is 342 g/mol. The molecule has 0 fully saturated rings. The summed E-state index contributed by atoms with van der Waals surface area (Å²) in [6.45, 7) is -0.0535. The van der Waals surface area contributed by atoms with Crippen LogP contribution in [0, 0.1) is 0 Å². The molecule has 10 heteroatoms. The standard InChI is InChI=1S/C15H14N6O4/c1-20-10(7-12(22)21(2)15(20)24)14(23)17-8-11-18-13(19-25-11)9-5-3-4-6-16-9/h3-7H,8H2,1-2H3,(H,17,23). The number of amides is 1. The second-order valence-corrected chi connectivity index (χ2v) is 5.18. The third kappa shape index (κ3) is 3.22. The highest BCUT2D eigenvalue weighted by Crippen LogP contribution is 2.11. The van der Waals surface area contributed by atoms with Crippen LogP contribution in [-0.4, -0.2) is 30.2 Å². The van der Waals surface area contributed by atoms with E-state index < -0.39 is 17.2 Å². The van der Waals surface area contributed by atoms with Crippen LogP contribution in [0.4, 0.5) is 0 Å². The predicted octanol–water partition coefficient (Wildman–Crippen LogP) is -0.541. The van der Waals surface area contributed by atoms with E-state index in [0.29, 0.717) is 11.5 Å². The van der Waals surface area contributed by atoms with Crippen LogP contribution in [0.2, 0.25) is 0 Å². The maximum absolute atomic E-state index is 12.2. The van der Waals surface area contributed by atoms with Crippen molar-refractivity contribution in [2.75, 3.05) is 0 Å². The van der Waals surface area contributed by atoms with Crippen LogP contribution in [0.25, 0.3) is 11.5 Å². The van der Waals surface area contributed by atoms with Gasteiger partial charge >= 0.3 is 5.69 Å². The normalized spacial score (nSPS) is 10.6. The van der Waals surface area contributed by atoms with Gasteiger partial charge in [-0.05, 0) is 12.1 Å². The Hall–Kier alpha value is -3.56. The highest BCUT2D eigenvalue weighted by Gasteiger charge is 2.15. The molecule has 0 radical (unpaired) electrons. The van der Waals surface area contributed by atoms with Crippen molar-refractivity contribution in [3.8, 4) is 11.5 Å². The molecule has 0 atom stereocenters. The summed E-state index contributed by atoms with van der Waals surface area (Å²) in [6, 6.07) is 6.36. The zero-order valence-corrected chi connectivity index (χ0v) is 13.5. The molecule has 1 amide bonds. The van der Waals surface area contributed by atoms with Gasteiger partial charge < -0.3 is 9.84 Å². The summed E-state index contributed by atoms with van der Waals surface area (Å²) in [5, 5.41) is 6.32. The maximum Gasteiger partial charge on any atom is 0.331 e. The molecule has 0 spiro atoms. The summed E-state index contributed by atoms with van der Waals surface area (Å²) in [4.78, 5) is 44.0. The Morgan fingerprint density at radius 3 is 2.76 bits per heavy atom. The molecule has 0 bridgehead atoms. The van der Waals surface area contributed by atoms with E-state index in [1.165, 1.54) is 14.1 Å². The Labute approximate surface area is 140 Å². The molecule has 0 aliphatic carbocycles. The van der Waals surface area contributed by atoms with Gasteiger partial charge in [0, 0.05) is 26.4 Å². The molecule has 0 saturated carbocycles. The number of hydrogen-bond acceptors (Lipinski definition) is 7. The van der Waals surface area contributed by atoms with Gasteiger partial charge in [0.15, 0.2) is 0 Å². The van der Waals surface area contributed by atoms with Crippen molar-refractivity contribution >= 4 is 5.91 Å². The number of pyridine rings is 1. The summed E-state index contributed by atoms with van der Waals surface area (Å²) in [7, 11) is 2.74. The smallest absolute Gasteiger partial charge is 0.331 e. The zero-order valence-electron chi connectivity index (χ0n) is 13.5. The van der Waals surface area contributed by atoms with Crippen LogP contribution in [0.5, 0.6) is 0 Å². The zero-order chi connectivity index (χ0) is 18.0. The minimum atomic E-state index is -0.602. The van der Waals surface area contributed by atoms with E-state index in [1.54, 1.807) is 24.4 Å². The first-order valence-electron chi connectivity index (χ1n) is 7.26. The van der Waals surface area contributed by atoms with Crippen LogP contribution >= 0.6 is 0 Å². The van der Waals surface area contributed by atoms with E-state index in [-0.39, 0.29) is 18.1 Å². The minimum Gasteiger partial charge on any atom is -0.342 e. The molecule has 3 heterocycles. The fourth-order valence-corrected chi connectivity index (χ4v) is 2.12. The summed E-state index contributed by atoms with van der Waals surface area (Å²) >= 11 is 0. The van der Waals surface area contributed by atoms with Crippen LogP contribution in [-0.2, 0) is 20.6 Å². The molecule has 1 N–H and O–H groups in total. The van der Waals surface area contributed by atoms with E-state index in [1.807, 2.05) is 0 Å². The van der Waals surface area contributed by atoms with Gasteiger partial charge in [0.1, 0.15) is 11.4 Å². The first-order valence-corrected chi connectivity index (χ1v) is 7.26. The highest BCUT2D eigenvalue weighted by molar-refractivity contribution is 5.92. The average molecular weight is 342 g/mol. The predicted molar refractivity (Wildman–Crippen MR) is 85.6 cm³/mol. The lowest BCUT2D eigenvalue weighted by molar-refractivity contribution is 0.0936. The van der Waals surface area contributed by atoms with Gasteiger partial charge in [0.2, 0.25) is 11.7 Å². The van der Waals surface area contributed by atoms with E-state index in [0.717, 1.165) is 15.2 Å². The summed E-state index contributed by atoms with van der Waals surface area (Å²) < 4.78 is 7.05. The van der Waals surface area contributed by atoms with E-state index in [9.17, 15) is 14.4 Å². The largest absolute Gasteiger partial charge is 0.342 e. The molecule has 10 nitrogen and oxygen atoms in total. The molecule has 3 aromatic rings. The quantitative estimate of drug-likeness (QED) is 0.675. The number of hydrogen-bond donors (Lipinski definition) is 1. The Morgan fingerprint density at radius 1 is 1.24 bits per heavy atom. The highest BCUT2D eigenvalue weighted by atomic mass is 16.5. The van der Waals surface area contributed by atoms with Crippen LogP contribution in [0.15, 0.2) is 44.6 Å². The van der Waals surface area contributed by atoms with Crippen molar-refractivity contribution in [3.63, 3.8) is 0 Å². The van der Waals surface area contributed by atoms with Gasteiger partial charge in [-0.1, -0.05) is 11.2 Å². The Balaban J connectivity index is 1.75. The number of carbonyl (C=O) groups excluding carboxylic acids is 1. The van der Waals surface area contributed by atoms with E-state index in [2.05, 4.69) is 20.4 Å². The maximum atomic E-state index is 12.2. The van der Waals surface area contributed by atoms with Gasteiger partial charge in [-0.15, -0.1) is 0 Å². The molecule has 0 aliphatic heterocycles. The number of aromatic nitrogens is 5. The van der Waals surface area contributed by atoms with Gasteiger partial charge in [0.05, 0.1) is 6.54 Å². The number of carbonyl (C=O) groups is 1. The Kier molecular flexibility index (Phi) is 4.25. The van der Waals surface area contributed by atoms with E-state index in [4.69, 9.17) is 4.52 Å². The second-order valence-electron chi connectivity index (χ2n) is 5.18. The molecule has 3 aromatic heterocycles. The molecule has 0 unspecified atom stereocenters. The molecular formula is C15H14N6O4. The molecular weight excluding hydrogens is 328 g/mol. The first-order chi connectivity index (χ1) is 12.0. The summed E-state index contributed by atoms with van der Waals surface area (Å²) in [5.41, 5.74) is -0.674. The van der Waals surface area contributed by atoms with Crippen LogP contribution in [0.1, 0.15) is 16.4 Å². The van der Waals surface area contributed by atoms with Crippen molar-refractivity contribution in [1.29, 1.82) is 0 Å². The molecule has 0 aromatic carbocycles. The molecule has 3 rings (SSSR count). The Morgan fingerprint density at radius 2 is 2.04 bits per heavy atom. The van der Waals surface area contributed by atoms with Crippen molar-refractivity contribution in [1.82, 2.24) is 29.6 Å². The Bertz CT molecular complexity index is 1030. The van der Waals surface area contributed by atoms with Crippen LogP contribution in [0.3, 0.4) is 0 Å². The van der Waals surface area contributed by atoms with Gasteiger partial charge in [-0.3, -0.25) is 23.7 Å². The van der Waals surface area contributed by atoms with Gasteiger partial charge in [0.25, 0.3) is 11.5 Å². The minimum absolute atomic E-state index is 0.0535. The van der Waals surface area contributed by atoms with Crippen molar-refractivity contribution in [2.24, 2.45) is 14.1 Å². The third-order valence-corrected chi connectivity index (χ3v) is 3.52. The number of nitrogens with one attached hydrogen (secondary N) is 1. The van der Waals surface area contributed by atoms with E-state index >= 15 is 0 Å². The van der Waals surface area contributed by atoms with Crippen molar-refractivity contribution in [2.45, 2.75) is 6.54 Å². The first kappa shape index (κ1) is 16.3. The average Bonchev–Trinajstić information content (AvgIpc) is 3.11. The molecule has 0 aliphatic rings. The fourth-order valence-electron chi connectivity index (χ4n) is 2.12. The topological polar surface area (TPSA) is 125 Å². The summed E-state index contributed by atoms with van der Waals surface area (Å²) in [5.74, 6) is -0.136. The lowest BCUT2D eigenvalue weighted by Gasteiger charge is -2.08. The second kappa shape index (κ2) is 6.51. The lowest BCUT2D eigenvalue weighted by Crippen LogP contribution is -2.41. The fraction of sp³-hybridized carbons (Fsp3) is 0.200. The number of rotatable bonds is 4. The third-order valence-electron chi connectivity index (χ3n) is 3.52. The molecule has 128 valence electrons. The van der Waals surface area contributed by atoms with Crippen LogP contribution < -0.4 is 16.6 Å². The molecule has 0 saturated heterocycles. The summed E-state index contributed by atoms with van der Waals surface area (Å²) in [6.07, 6.45) is 1.60. The van der Waals surface area contributed by atoms with Gasteiger partial charge in [-0.25, -0.2) is 4.79 Å². The SMILES string of the molecule is Cn1c(C(=O)NCc2nc(-c3ccccn3)no2)cc(=O)n(C)c1=O. The van der Waals surface area contributed by atoms with Gasteiger partial charge in [-0.2, -0.15) is 4.98 Å². The van der Waals surface area contributed by atoms with Crippen molar-refractivity contribution in [3.05, 3.63) is 62.9 Å². The lowest BCUT2D eigenvalue weighted by atomic mass is 10.3.